The monoisotopic (exact) mass is 253 g/mol. The van der Waals surface area contributed by atoms with Crippen molar-refractivity contribution >= 4 is 16.9 Å². The van der Waals surface area contributed by atoms with E-state index in [4.69, 9.17) is 0 Å². The Bertz CT molecular complexity index is 689. The Morgan fingerprint density at radius 3 is 2.74 bits per heavy atom. The summed E-state index contributed by atoms with van der Waals surface area (Å²) in [6, 6.07) is 10.5. The molecule has 5 nitrogen and oxygen atoms in total. The molecule has 19 heavy (non-hydrogen) atoms. The highest BCUT2D eigenvalue weighted by Crippen LogP contribution is 2.23. The van der Waals surface area contributed by atoms with Gasteiger partial charge in [0.25, 0.3) is 0 Å². The second kappa shape index (κ2) is 4.68. The van der Waals surface area contributed by atoms with Crippen molar-refractivity contribution in [3.8, 4) is 0 Å². The second-order valence-corrected chi connectivity index (χ2v) is 4.50. The van der Waals surface area contributed by atoms with Crippen molar-refractivity contribution < 1.29 is 0 Å². The number of fused-ring (bicyclic) bond motifs is 1. The zero-order valence-electron chi connectivity index (χ0n) is 10.9. The van der Waals surface area contributed by atoms with Crippen LogP contribution in [-0.4, -0.2) is 19.7 Å². The standard InChI is InChI=1S/C14H15N5/c1-10(11-6-4-3-5-7-11)18-13-12-8-17-19(2)14(12)16-9-15-13/h3-10H,1-2H3,(H,15,16,18). The number of nitrogens with one attached hydrogen (secondary N) is 1. The molecule has 1 aromatic carbocycles. The van der Waals surface area contributed by atoms with E-state index < -0.39 is 0 Å². The first-order chi connectivity index (χ1) is 9.25. The first-order valence-electron chi connectivity index (χ1n) is 6.20. The quantitative estimate of drug-likeness (QED) is 0.779. The smallest absolute Gasteiger partial charge is 0.163 e. The molecule has 0 saturated carbocycles. The number of aromatic nitrogens is 4. The van der Waals surface area contributed by atoms with Crippen LogP contribution in [0, 0.1) is 0 Å². The maximum absolute atomic E-state index is 4.31. The summed E-state index contributed by atoms with van der Waals surface area (Å²) in [5.74, 6) is 0.814. The summed E-state index contributed by atoms with van der Waals surface area (Å²) in [5.41, 5.74) is 2.05. The van der Waals surface area contributed by atoms with Crippen LogP contribution in [-0.2, 0) is 7.05 Å². The van der Waals surface area contributed by atoms with E-state index in [0.717, 1.165) is 16.9 Å². The molecule has 0 amide bonds. The minimum Gasteiger partial charge on any atom is -0.363 e. The molecular formula is C14H15N5. The molecule has 3 aromatic rings. The SMILES string of the molecule is CC(Nc1ncnc2c1cnn2C)c1ccccc1. The molecule has 1 unspecified atom stereocenters. The second-order valence-electron chi connectivity index (χ2n) is 4.50. The van der Waals surface area contributed by atoms with Crippen LogP contribution in [0.4, 0.5) is 5.82 Å². The molecule has 0 saturated heterocycles. The Kier molecular flexibility index (Phi) is 2.87. The van der Waals surface area contributed by atoms with Crippen LogP contribution in [0.15, 0.2) is 42.9 Å². The number of aryl methyl sites for hydroxylation is 1. The van der Waals surface area contributed by atoms with E-state index in [-0.39, 0.29) is 6.04 Å². The topological polar surface area (TPSA) is 55.6 Å². The molecule has 0 radical (unpaired) electrons. The molecule has 0 aliphatic carbocycles. The molecule has 0 aliphatic heterocycles. The van der Waals surface area contributed by atoms with E-state index in [9.17, 15) is 0 Å². The summed E-state index contributed by atoms with van der Waals surface area (Å²) in [6.07, 6.45) is 3.35. The lowest BCUT2D eigenvalue weighted by atomic mass is 10.1. The summed E-state index contributed by atoms with van der Waals surface area (Å²) >= 11 is 0. The van der Waals surface area contributed by atoms with Crippen LogP contribution in [0.5, 0.6) is 0 Å². The Morgan fingerprint density at radius 1 is 1.16 bits per heavy atom. The number of hydrogen-bond donors (Lipinski definition) is 1. The van der Waals surface area contributed by atoms with Gasteiger partial charge in [-0.25, -0.2) is 9.97 Å². The van der Waals surface area contributed by atoms with E-state index in [1.165, 1.54) is 5.56 Å². The van der Waals surface area contributed by atoms with Crippen LogP contribution < -0.4 is 5.32 Å². The van der Waals surface area contributed by atoms with Gasteiger partial charge >= 0.3 is 0 Å². The lowest BCUT2D eigenvalue weighted by Gasteiger charge is -2.15. The lowest BCUT2D eigenvalue weighted by molar-refractivity contribution is 0.785. The van der Waals surface area contributed by atoms with Gasteiger partial charge in [0.2, 0.25) is 0 Å². The molecule has 0 fully saturated rings. The summed E-state index contributed by atoms with van der Waals surface area (Å²) in [6.45, 7) is 2.11. The molecule has 0 aliphatic rings. The van der Waals surface area contributed by atoms with Crippen molar-refractivity contribution in [2.75, 3.05) is 5.32 Å². The molecule has 2 aromatic heterocycles. The minimum atomic E-state index is 0.180. The Morgan fingerprint density at radius 2 is 1.95 bits per heavy atom. The molecule has 2 heterocycles. The predicted molar refractivity (Wildman–Crippen MR) is 74.8 cm³/mol. The Labute approximate surface area is 111 Å². The van der Waals surface area contributed by atoms with E-state index in [1.807, 2.05) is 25.2 Å². The average Bonchev–Trinajstić information content (AvgIpc) is 2.83. The van der Waals surface area contributed by atoms with Crippen molar-refractivity contribution in [1.29, 1.82) is 0 Å². The molecule has 5 heteroatoms. The minimum absolute atomic E-state index is 0.180. The molecule has 96 valence electrons. The number of anilines is 1. The van der Waals surface area contributed by atoms with Crippen LogP contribution in [0.3, 0.4) is 0 Å². The van der Waals surface area contributed by atoms with E-state index >= 15 is 0 Å². The third kappa shape index (κ3) is 2.14. The number of nitrogens with zero attached hydrogens (tertiary/aromatic N) is 4. The van der Waals surface area contributed by atoms with E-state index in [1.54, 1.807) is 17.2 Å². The van der Waals surface area contributed by atoms with Crippen LogP contribution >= 0.6 is 0 Å². The van der Waals surface area contributed by atoms with Crippen LogP contribution in [0.1, 0.15) is 18.5 Å². The van der Waals surface area contributed by atoms with Crippen LogP contribution in [0.2, 0.25) is 0 Å². The van der Waals surface area contributed by atoms with Crippen molar-refractivity contribution in [2.45, 2.75) is 13.0 Å². The van der Waals surface area contributed by atoms with Gasteiger partial charge in [-0.15, -0.1) is 0 Å². The molecule has 3 rings (SSSR count). The number of hydrogen-bond acceptors (Lipinski definition) is 4. The van der Waals surface area contributed by atoms with Gasteiger partial charge in [-0.2, -0.15) is 5.10 Å². The predicted octanol–water partition coefficient (Wildman–Crippen LogP) is 2.54. The highest BCUT2D eigenvalue weighted by Gasteiger charge is 2.11. The highest BCUT2D eigenvalue weighted by atomic mass is 15.3. The van der Waals surface area contributed by atoms with Gasteiger partial charge in [-0.1, -0.05) is 30.3 Å². The van der Waals surface area contributed by atoms with Gasteiger partial charge in [-0.3, -0.25) is 4.68 Å². The Hall–Kier alpha value is -2.43. The number of benzene rings is 1. The molecule has 0 bridgehead atoms. The van der Waals surface area contributed by atoms with Crippen molar-refractivity contribution in [2.24, 2.45) is 7.05 Å². The van der Waals surface area contributed by atoms with Gasteiger partial charge in [0, 0.05) is 13.1 Å². The van der Waals surface area contributed by atoms with Gasteiger partial charge in [0.05, 0.1) is 11.6 Å². The summed E-state index contributed by atoms with van der Waals surface area (Å²) in [5, 5.41) is 8.56. The van der Waals surface area contributed by atoms with Gasteiger partial charge in [0.1, 0.15) is 12.1 Å². The first kappa shape index (κ1) is 11.6. The highest BCUT2D eigenvalue weighted by molar-refractivity contribution is 5.86. The zero-order chi connectivity index (χ0) is 13.2. The maximum atomic E-state index is 4.31. The average molecular weight is 253 g/mol. The summed E-state index contributed by atoms with van der Waals surface area (Å²) < 4.78 is 1.75. The fourth-order valence-corrected chi connectivity index (χ4v) is 2.11. The van der Waals surface area contributed by atoms with Crippen LogP contribution in [0.25, 0.3) is 11.0 Å². The van der Waals surface area contributed by atoms with Gasteiger partial charge in [-0.05, 0) is 12.5 Å². The Balaban J connectivity index is 1.93. The number of rotatable bonds is 3. The van der Waals surface area contributed by atoms with Crippen molar-refractivity contribution in [3.05, 3.63) is 48.4 Å². The summed E-state index contributed by atoms with van der Waals surface area (Å²) in [7, 11) is 1.87. The first-order valence-corrected chi connectivity index (χ1v) is 6.20. The molecule has 1 atom stereocenters. The van der Waals surface area contributed by atoms with E-state index in [2.05, 4.69) is 39.4 Å². The van der Waals surface area contributed by atoms with Gasteiger partial charge in [0.15, 0.2) is 5.65 Å². The third-order valence-corrected chi connectivity index (χ3v) is 3.18. The molecular weight excluding hydrogens is 238 g/mol. The largest absolute Gasteiger partial charge is 0.363 e. The van der Waals surface area contributed by atoms with Crippen molar-refractivity contribution in [1.82, 2.24) is 19.7 Å². The third-order valence-electron chi connectivity index (χ3n) is 3.18. The maximum Gasteiger partial charge on any atom is 0.163 e. The summed E-state index contributed by atoms with van der Waals surface area (Å²) in [4.78, 5) is 8.54. The fourth-order valence-electron chi connectivity index (χ4n) is 2.11. The fraction of sp³-hybridized carbons (Fsp3) is 0.214. The van der Waals surface area contributed by atoms with E-state index in [0.29, 0.717) is 0 Å². The van der Waals surface area contributed by atoms with Crippen molar-refractivity contribution in [3.63, 3.8) is 0 Å². The van der Waals surface area contributed by atoms with Gasteiger partial charge < -0.3 is 5.32 Å². The normalized spacial score (nSPS) is 12.5. The lowest BCUT2D eigenvalue weighted by Crippen LogP contribution is -2.08. The zero-order valence-corrected chi connectivity index (χ0v) is 10.9. The molecule has 0 spiro atoms. The molecule has 1 N–H and O–H groups in total.